The molecule has 0 fully saturated rings. The number of nitriles is 1. The Kier molecular flexibility index (Phi) is 6.10. The molecule has 1 heterocycles. The van der Waals surface area contributed by atoms with E-state index < -0.39 is 5.56 Å². The Morgan fingerprint density at radius 2 is 2.05 bits per heavy atom. The minimum atomic E-state index is -0.500. The first-order chi connectivity index (χ1) is 9.96. The fourth-order valence-electron chi connectivity index (χ4n) is 2.05. The number of aryl methyl sites for hydroxylation is 1. The summed E-state index contributed by atoms with van der Waals surface area (Å²) >= 11 is 0. The third-order valence-corrected chi connectivity index (χ3v) is 3.55. The second-order valence-corrected chi connectivity index (χ2v) is 4.99. The van der Waals surface area contributed by atoms with Crippen molar-refractivity contribution in [3.63, 3.8) is 0 Å². The van der Waals surface area contributed by atoms with E-state index in [2.05, 4.69) is 12.0 Å². The molecule has 0 N–H and O–H groups in total. The molecule has 0 unspecified atom stereocenters. The molecule has 0 saturated carbocycles. The van der Waals surface area contributed by atoms with Crippen molar-refractivity contribution in [2.75, 3.05) is 13.1 Å². The van der Waals surface area contributed by atoms with Gasteiger partial charge in [0.25, 0.3) is 5.56 Å². The second kappa shape index (κ2) is 7.58. The summed E-state index contributed by atoms with van der Waals surface area (Å²) < 4.78 is 1.10. The van der Waals surface area contributed by atoms with Crippen molar-refractivity contribution < 1.29 is 4.79 Å². The molecular formula is C15H22N4O2. The first kappa shape index (κ1) is 16.9. The molecule has 21 heavy (non-hydrogen) atoms. The molecule has 0 bridgehead atoms. The van der Waals surface area contributed by atoms with Gasteiger partial charge in [-0.05, 0) is 32.8 Å². The van der Waals surface area contributed by atoms with Crippen LogP contribution in [0, 0.1) is 25.2 Å². The summed E-state index contributed by atoms with van der Waals surface area (Å²) in [4.78, 5) is 26.1. The van der Waals surface area contributed by atoms with Gasteiger partial charge in [-0.25, -0.2) is 4.68 Å². The molecule has 1 amide bonds. The van der Waals surface area contributed by atoms with E-state index in [4.69, 9.17) is 5.26 Å². The van der Waals surface area contributed by atoms with Gasteiger partial charge in [0.1, 0.15) is 18.2 Å². The van der Waals surface area contributed by atoms with Gasteiger partial charge in [0.05, 0.1) is 5.69 Å². The molecule has 0 aliphatic carbocycles. The van der Waals surface area contributed by atoms with Crippen molar-refractivity contribution in [1.29, 1.82) is 5.26 Å². The molecule has 0 saturated heterocycles. The molecule has 1 aromatic rings. The van der Waals surface area contributed by atoms with Crippen molar-refractivity contribution in [3.8, 4) is 6.07 Å². The Hall–Kier alpha value is -2.16. The van der Waals surface area contributed by atoms with Crippen LogP contribution in [0.3, 0.4) is 0 Å². The van der Waals surface area contributed by atoms with Gasteiger partial charge in [0.15, 0.2) is 0 Å². The highest BCUT2D eigenvalue weighted by Gasteiger charge is 2.16. The summed E-state index contributed by atoms with van der Waals surface area (Å²) in [6.45, 7) is 8.54. The number of rotatable bonds is 6. The van der Waals surface area contributed by atoms with Crippen LogP contribution in [0.5, 0.6) is 0 Å². The highest BCUT2D eigenvalue weighted by Crippen LogP contribution is 2.05. The van der Waals surface area contributed by atoms with Gasteiger partial charge < -0.3 is 4.90 Å². The van der Waals surface area contributed by atoms with Crippen LogP contribution in [0.1, 0.15) is 43.5 Å². The number of hydrogen-bond donors (Lipinski definition) is 0. The molecule has 0 radical (unpaired) electrons. The average molecular weight is 290 g/mol. The largest absolute Gasteiger partial charge is 0.341 e. The minimum absolute atomic E-state index is 0.0620. The predicted octanol–water partition coefficient (Wildman–Crippen LogP) is 1.38. The number of carbonyl (C=O) groups is 1. The third kappa shape index (κ3) is 3.91. The second-order valence-electron chi connectivity index (χ2n) is 4.99. The number of aromatic nitrogens is 2. The summed E-state index contributed by atoms with van der Waals surface area (Å²) in [5.41, 5.74) is 0.729. The SMILES string of the molecule is CCCCN(CC)C(=O)Cn1nc(C)c(C)c(C#N)c1=O. The molecule has 114 valence electrons. The van der Waals surface area contributed by atoms with E-state index >= 15 is 0 Å². The van der Waals surface area contributed by atoms with Crippen LogP contribution < -0.4 is 5.56 Å². The maximum atomic E-state index is 12.2. The molecule has 0 atom stereocenters. The number of carbonyl (C=O) groups excluding carboxylic acids is 1. The van der Waals surface area contributed by atoms with E-state index in [0.29, 0.717) is 24.3 Å². The molecule has 1 rings (SSSR count). The van der Waals surface area contributed by atoms with Crippen LogP contribution in [0.15, 0.2) is 4.79 Å². The van der Waals surface area contributed by atoms with E-state index in [0.717, 1.165) is 17.5 Å². The zero-order chi connectivity index (χ0) is 16.0. The molecule has 0 spiro atoms. The van der Waals surface area contributed by atoms with Crippen LogP contribution in [-0.2, 0) is 11.3 Å². The minimum Gasteiger partial charge on any atom is -0.341 e. The number of nitrogens with zero attached hydrogens (tertiary/aromatic N) is 4. The standard InChI is InChI=1S/C15H22N4O2/c1-5-7-8-18(6-2)14(20)10-19-15(21)13(9-16)11(3)12(4)17-19/h5-8,10H2,1-4H3. The maximum absolute atomic E-state index is 12.2. The topological polar surface area (TPSA) is 79.0 Å². The van der Waals surface area contributed by atoms with Crippen LogP contribution >= 0.6 is 0 Å². The lowest BCUT2D eigenvalue weighted by Gasteiger charge is -2.21. The van der Waals surface area contributed by atoms with Crippen molar-refractivity contribution in [2.45, 2.75) is 47.1 Å². The molecule has 0 aromatic carbocycles. The van der Waals surface area contributed by atoms with Gasteiger partial charge >= 0.3 is 0 Å². The quantitative estimate of drug-likeness (QED) is 0.793. The Labute approximate surface area is 125 Å². The van der Waals surface area contributed by atoms with E-state index in [1.54, 1.807) is 18.7 Å². The highest BCUT2D eigenvalue weighted by atomic mass is 16.2. The lowest BCUT2D eigenvalue weighted by Crippen LogP contribution is -2.38. The normalized spacial score (nSPS) is 10.2. The van der Waals surface area contributed by atoms with Crippen LogP contribution in [0.25, 0.3) is 0 Å². The average Bonchev–Trinajstić information content (AvgIpc) is 2.46. The van der Waals surface area contributed by atoms with Gasteiger partial charge in [0.2, 0.25) is 5.91 Å². The summed E-state index contributed by atoms with van der Waals surface area (Å²) in [6, 6.07) is 1.90. The van der Waals surface area contributed by atoms with Crippen molar-refractivity contribution in [2.24, 2.45) is 0 Å². The van der Waals surface area contributed by atoms with Gasteiger partial charge in [-0.3, -0.25) is 9.59 Å². The molecule has 0 aliphatic heterocycles. The van der Waals surface area contributed by atoms with Crippen LogP contribution in [0.2, 0.25) is 0 Å². The summed E-state index contributed by atoms with van der Waals surface area (Å²) in [6.07, 6.45) is 1.93. The monoisotopic (exact) mass is 290 g/mol. The Bertz CT molecular complexity index is 613. The van der Waals surface area contributed by atoms with E-state index in [-0.39, 0.29) is 18.0 Å². The molecular weight excluding hydrogens is 268 g/mol. The fraction of sp³-hybridized carbons (Fsp3) is 0.600. The van der Waals surface area contributed by atoms with Crippen molar-refractivity contribution in [1.82, 2.24) is 14.7 Å². The van der Waals surface area contributed by atoms with Gasteiger partial charge in [-0.2, -0.15) is 10.4 Å². The number of unbranched alkanes of at least 4 members (excludes halogenated alkanes) is 1. The summed E-state index contributed by atoms with van der Waals surface area (Å²) in [5.74, 6) is -0.146. The lowest BCUT2D eigenvalue weighted by atomic mass is 10.1. The smallest absolute Gasteiger partial charge is 0.285 e. The lowest BCUT2D eigenvalue weighted by molar-refractivity contribution is -0.132. The number of hydrogen-bond acceptors (Lipinski definition) is 4. The van der Waals surface area contributed by atoms with E-state index in [1.165, 1.54) is 0 Å². The number of amides is 1. The number of likely N-dealkylation sites (N-methyl/N-ethyl adjacent to an activating group) is 1. The zero-order valence-corrected chi connectivity index (χ0v) is 13.1. The third-order valence-electron chi connectivity index (χ3n) is 3.55. The van der Waals surface area contributed by atoms with Gasteiger partial charge in [-0.15, -0.1) is 0 Å². The van der Waals surface area contributed by atoms with Crippen molar-refractivity contribution >= 4 is 5.91 Å². The van der Waals surface area contributed by atoms with Crippen LogP contribution in [-0.4, -0.2) is 33.7 Å². The maximum Gasteiger partial charge on any atom is 0.285 e. The predicted molar refractivity (Wildman–Crippen MR) is 79.8 cm³/mol. The summed E-state index contributed by atoms with van der Waals surface area (Å²) in [5, 5.41) is 13.2. The Balaban J connectivity index is 3.03. The van der Waals surface area contributed by atoms with Gasteiger partial charge in [0, 0.05) is 13.1 Å². The fourth-order valence-corrected chi connectivity index (χ4v) is 2.05. The highest BCUT2D eigenvalue weighted by molar-refractivity contribution is 5.75. The first-order valence-corrected chi connectivity index (χ1v) is 7.22. The molecule has 1 aromatic heterocycles. The first-order valence-electron chi connectivity index (χ1n) is 7.22. The molecule has 6 nitrogen and oxygen atoms in total. The molecule has 6 heteroatoms. The zero-order valence-electron chi connectivity index (χ0n) is 13.1. The van der Waals surface area contributed by atoms with E-state index in [1.807, 2.05) is 13.0 Å². The Morgan fingerprint density at radius 1 is 1.38 bits per heavy atom. The van der Waals surface area contributed by atoms with E-state index in [9.17, 15) is 9.59 Å². The van der Waals surface area contributed by atoms with Crippen molar-refractivity contribution in [3.05, 3.63) is 27.2 Å². The molecule has 0 aliphatic rings. The Morgan fingerprint density at radius 3 is 2.57 bits per heavy atom. The van der Waals surface area contributed by atoms with Crippen LogP contribution in [0.4, 0.5) is 0 Å². The van der Waals surface area contributed by atoms with Gasteiger partial charge in [-0.1, -0.05) is 13.3 Å². The summed E-state index contributed by atoms with van der Waals surface area (Å²) in [7, 11) is 0.